The van der Waals surface area contributed by atoms with Crippen LogP contribution in [0.1, 0.15) is 29.8 Å². The summed E-state index contributed by atoms with van der Waals surface area (Å²) in [5, 5.41) is 6.87. The molecule has 2 atom stereocenters. The first kappa shape index (κ1) is 16.8. The molecule has 1 aromatic carbocycles. The molecule has 1 saturated carbocycles. The van der Waals surface area contributed by atoms with Gasteiger partial charge in [-0.1, -0.05) is 11.3 Å². The molecule has 2 N–H and O–H groups in total. The van der Waals surface area contributed by atoms with Crippen molar-refractivity contribution in [2.24, 2.45) is 0 Å². The number of amides is 1. The largest absolute Gasteiger partial charge is 0.357 e. The van der Waals surface area contributed by atoms with Crippen LogP contribution < -0.4 is 10.6 Å². The van der Waals surface area contributed by atoms with E-state index < -0.39 is 11.7 Å². The van der Waals surface area contributed by atoms with E-state index in [1.54, 1.807) is 6.07 Å². The van der Waals surface area contributed by atoms with Crippen LogP contribution in [0.3, 0.4) is 0 Å². The van der Waals surface area contributed by atoms with Crippen molar-refractivity contribution in [2.75, 3.05) is 5.32 Å². The molecular formula is C18H16F2N4OS. The Kier molecular flexibility index (Phi) is 4.50. The maximum atomic E-state index is 13.7. The molecule has 1 aliphatic rings. The van der Waals surface area contributed by atoms with Crippen molar-refractivity contribution in [1.29, 1.82) is 0 Å². The van der Waals surface area contributed by atoms with Crippen molar-refractivity contribution >= 4 is 32.6 Å². The van der Waals surface area contributed by atoms with Gasteiger partial charge in [0, 0.05) is 18.3 Å². The van der Waals surface area contributed by atoms with Crippen LogP contribution in [0.5, 0.6) is 0 Å². The number of hydrogen-bond donors (Lipinski definition) is 2. The van der Waals surface area contributed by atoms with Crippen LogP contribution in [-0.4, -0.2) is 28.0 Å². The summed E-state index contributed by atoms with van der Waals surface area (Å²) < 4.78 is 27.8. The predicted molar refractivity (Wildman–Crippen MR) is 96.3 cm³/mol. The van der Waals surface area contributed by atoms with Crippen LogP contribution in [0.4, 0.5) is 13.9 Å². The summed E-state index contributed by atoms with van der Waals surface area (Å²) in [6.07, 6.45) is 3.98. The number of fused-ring (bicyclic) bond motifs is 1. The Morgan fingerprint density at radius 1 is 1.19 bits per heavy atom. The van der Waals surface area contributed by atoms with Gasteiger partial charge in [-0.05, 0) is 49.6 Å². The van der Waals surface area contributed by atoms with Gasteiger partial charge in [0.15, 0.2) is 16.6 Å². The molecule has 5 nitrogen and oxygen atoms in total. The fourth-order valence-electron chi connectivity index (χ4n) is 3.21. The zero-order valence-corrected chi connectivity index (χ0v) is 14.5. The smallest absolute Gasteiger partial charge is 0.273 e. The maximum absolute atomic E-state index is 13.7. The minimum Gasteiger partial charge on any atom is -0.357 e. The second kappa shape index (κ2) is 6.95. The number of halogens is 2. The number of hydrogen-bond acceptors (Lipinski definition) is 5. The number of pyridine rings is 1. The third-order valence-corrected chi connectivity index (χ3v) is 5.41. The second-order valence-electron chi connectivity index (χ2n) is 6.23. The Balaban J connectivity index is 1.47. The lowest BCUT2D eigenvalue weighted by Gasteiger charge is -2.21. The SMILES string of the molecule is O=C(NC1CCC[C@@H]1Nc1nc2ccc(F)cc2s1)c1ncccc1F. The Morgan fingerprint density at radius 3 is 2.88 bits per heavy atom. The summed E-state index contributed by atoms with van der Waals surface area (Å²) in [5.74, 6) is -1.45. The van der Waals surface area contributed by atoms with Gasteiger partial charge in [0.1, 0.15) is 5.82 Å². The highest BCUT2D eigenvalue weighted by Crippen LogP contribution is 2.30. The maximum Gasteiger partial charge on any atom is 0.273 e. The molecule has 0 saturated heterocycles. The van der Waals surface area contributed by atoms with Crippen LogP contribution >= 0.6 is 11.3 Å². The summed E-state index contributed by atoms with van der Waals surface area (Å²) in [6, 6.07) is 6.98. The van der Waals surface area contributed by atoms with E-state index in [-0.39, 0.29) is 23.6 Å². The first-order chi connectivity index (χ1) is 12.6. The van der Waals surface area contributed by atoms with Gasteiger partial charge < -0.3 is 10.6 Å². The number of thiazole rings is 1. The van der Waals surface area contributed by atoms with E-state index in [1.165, 1.54) is 41.8 Å². The molecule has 2 heterocycles. The summed E-state index contributed by atoms with van der Waals surface area (Å²) >= 11 is 1.37. The number of aromatic nitrogens is 2. The zero-order chi connectivity index (χ0) is 18.1. The molecule has 1 fully saturated rings. The molecule has 0 aliphatic heterocycles. The third-order valence-electron chi connectivity index (χ3n) is 4.47. The van der Waals surface area contributed by atoms with Crippen LogP contribution in [0.25, 0.3) is 10.2 Å². The number of carbonyl (C=O) groups is 1. The van der Waals surface area contributed by atoms with Crippen LogP contribution in [0.15, 0.2) is 36.5 Å². The number of benzene rings is 1. The number of nitrogens with zero attached hydrogens (tertiary/aromatic N) is 2. The van der Waals surface area contributed by atoms with E-state index in [1.807, 2.05) is 0 Å². The van der Waals surface area contributed by atoms with E-state index in [9.17, 15) is 13.6 Å². The minimum atomic E-state index is -0.638. The quantitative estimate of drug-likeness (QED) is 0.730. The van der Waals surface area contributed by atoms with E-state index in [4.69, 9.17) is 0 Å². The molecule has 8 heteroatoms. The molecule has 4 rings (SSSR count). The molecule has 1 amide bonds. The molecule has 0 bridgehead atoms. The first-order valence-corrected chi connectivity index (χ1v) is 9.16. The molecular weight excluding hydrogens is 358 g/mol. The van der Waals surface area contributed by atoms with E-state index in [2.05, 4.69) is 20.6 Å². The number of nitrogens with one attached hydrogen (secondary N) is 2. The Hall–Kier alpha value is -2.61. The molecule has 1 unspecified atom stereocenters. The van der Waals surface area contributed by atoms with Gasteiger partial charge in [-0.15, -0.1) is 0 Å². The summed E-state index contributed by atoms with van der Waals surface area (Å²) in [5.41, 5.74) is 0.529. The van der Waals surface area contributed by atoms with Crippen molar-refractivity contribution in [3.8, 4) is 0 Å². The van der Waals surface area contributed by atoms with Gasteiger partial charge in [0.05, 0.1) is 10.2 Å². The summed E-state index contributed by atoms with van der Waals surface area (Å²) in [4.78, 5) is 20.6. The standard InChI is InChI=1S/C18H16F2N4OS/c19-10-6-7-14-15(9-10)26-18(24-14)23-13-5-1-4-12(13)22-17(25)16-11(20)3-2-8-21-16/h2-3,6-9,12-13H,1,4-5H2,(H,22,25)(H,23,24)/t12?,13-/m0/s1. The Morgan fingerprint density at radius 2 is 2.04 bits per heavy atom. The van der Waals surface area contributed by atoms with E-state index in [0.717, 1.165) is 29.5 Å². The first-order valence-electron chi connectivity index (χ1n) is 8.34. The third kappa shape index (κ3) is 3.37. The summed E-state index contributed by atoms with van der Waals surface area (Å²) in [7, 11) is 0. The lowest BCUT2D eigenvalue weighted by Crippen LogP contribution is -2.43. The molecule has 0 spiro atoms. The van der Waals surface area contributed by atoms with Gasteiger partial charge in [0.25, 0.3) is 5.91 Å². The average molecular weight is 374 g/mol. The normalized spacial score (nSPS) is 19.6. The van der Waals surface area contributed by atoms with E-state index in [0.29, 0.717) is 5.13 Å². The fraction of sp³-hybridized carbons (Fsp3) is 0.278. The predicted octanol–water partition coefficient (Wildman–Crippen LogP) is 3.73. The average Bonchev–Trinajstić information content (AvgIpc) is 3.21. The van der Waals surface area contributed by atoms with Crippen molar-refractivity contribution < 1.29 is 13.6 Å². The zero-order valence-electron chi connectivity index (χ0n) is 13.7. The Labute approximate surface area is 152 Å². The van der Waals surface area contributed by atoms with Crippen molar-refractivity contribution in [2.45, 2.75) is 31.3 Å². The van der Waals surface area contributed by atoms with Crippen molar-refractivity contribution in [3.63, 3.8) is 0 Å². The molecule has 134 valence electrons. The van der Waals surface area contributed by atoms with Crippen LogP contribution in [-0.2, 0) is 0 Å². The molecule has 1 aliphatic carbocycles. The fourth-order valence-corrected chi connectivity index (χ4v) is 4.17. The summed E-state index contributed by atoms with van der Waals surface area (Å²) in [6.45, 7) is 0. The van der Waals surface area contributed by atoms with Gasteiger partial charge in [-0.25, -0.2) is 18.7 Å². The topological polar surface area (TPSA) is 66.9 Å². The van der Waals surface area contributed by atoms with Crippen LogP contribution in [0, 0.1) is 11.6 Å². The van der Waals surface area contributed by atoms with Crippen LogP contribution in [0.2, 0.25) is 0 Å². The minimum absolute atomic E-state index is 0.0175. The highest BCUT2D eigenvalue weighted by atomic mass is 32.1. The molecule has 26 heavy (non-hydrogen) atoms. The van der Waals surface area contributed by atoms with Crippen molar-refractivity contribution in [1.82, 2.24) is 15.3 Å². The molecule has 0 radical (unpaired) electrons. The lowest BCUT2D eigenvalue weighted by atomic mass is 10.1. The molecule has 3 aromatic rings. The van der Waals surface area contributed by atoms with Gasteiger partial charge in [-0.2, -0.15) is 0 Å². The Bertz CT molecular complexity index is 961. The van der Waals surface area contributed by atoms with Gasteiger partial charge in [0.2, 0.25) is 0 Å². The monoisotopic (exact) mass is 374 g/mol. The number of carbonyl (C=O) groups excluding carboxylic acids is 1. The molecule has 2 aromatic heterocycles. The van der Waals surface area contributed by atoms with Crippen molar-refractivity contribution in [3.05, 3.63) is 53.9 Å². The second-order valence-corrected chi connectivity index (χ2v) is 7.26. The number of anilines is 1. The van der Waals surface area contributed by atoms with Gasteiger partial charge >= 0.3 is 0 Å². The lowest BCUT2D eigenvalue weighted by molar-refractivity contribution is 0.0926. The highest BCUT2D eigenvalue weighted by Gasteiger charge is 2.30. The highest BCUT2D eigenvalue weighted by molar-refractivity contribution is 7.22. The number of rotatable bonds is 4. The van der Waals surface area contributed by atoms with E-state index >= 15 is 0 Å². The van der Waals surface area contributed by atoms with Gasteiger partial charge in [-0.3, -0.25) is 4.79 Å².